The largest absolute Gasteiger partial charge is 0.507 e. The Labute approximate surface area is 427 Å². The second-order valence-corrected chi connectivity index (χ2v) is 18.8. The molecular weight excluding hydrogens is 919 g/mol. The molecule has 0 saturated carbocycles. The van der Waals surface area contributed by atoms with Crippen LogP contribution in [0, 0.1) is 17.8 Å². The van der Waals surface area contributed by atoms with Gasteiger partial charge < -0.3 is 43.7 Å². The van der Waals surface area contributed by atoms with Crippen LogP contribution in [0.2, 0.25) is 0 Å². The fourth-order valence-corrected chi connectivity index (χ4v) is 7.57. The molecule has 0 aliphatic rings. The van der Waals surface area contributed by atoms with Crippen LogP contribution in [0.3, 0.4) is 0 Å². The lowest BCUT2D eigenvalue weighted by molar-refractivity contribution is -0.149. The van der Waals surface area contributed by atoms with Crippen molar-refractivity contribution in [3.8, 4) is 68.7 Å². The first-order chi connectivity index (χ1) is 34.8. The van der Waals surface area contributed by atoms with Crippen LogP contribution >= 0.6 is 0 Å². The molecule has 0 amide bonds. The molecule has 15 heteroatoms. The van der Waals surface area contributed by atoms with Crippen LogP contribution in [0.5, 0.6) is 34.5 Å². The number of carbonyl (C=O) groups is 3. The summed E-state index contributed by atoms with van der Waals surface area (Å²) in [6.07, 6.45) is 19.5. The average Bonchev–Trinajstić information content (AvgIpc) is 3.37. The summed E-state index contributed by atoms with van der Waals surface area (Å²) in [6.45, 7) is 12.8. The zero-order valence-electron chi connectivity index (χ0n) is 43.8. The number of carbonyl (C=O) groups excluding carboxylic acids is 3. The standard InChI is InChI=1S/C57H81N3O12/c1-7-10-13-16-19-22-31-67-55(64)40(4)37-70-43-25-28-46(49(61)34-43)52-58-53(47-29-26-44(35-50(47)62)71-38-41(5)56(65)68-32-23-20-17-14-11-8-2)60-54(59-52)48-30-27-45(36-51(48)63)72-39-42(6)57(66)69-33-24-21-18-15-12-9-3/h25-30,34-36,40-42,61-63H,7-24,31-33,37-39H2,1-6H3. The van der Waals surface area contributed by atoms with E-state index in [1.54, 1.807) is 57.2 Å². The molecule has 396 valence electrons. The van der Waals surface area contributed by atoms with Crippen molar-refractivity contribution >= 4 is 17.9 Å². The number of unbranched alkanes of at least 4 members (excludes halogenated alkanes) is 15. The number of aromatic nitrogens is 3. The molecule has 4 aromatic rings. The third-order valence-corrected chi connectivity index (χ3v) is 12.2. The van der Waals surface area contributed by atoms with Crippen LogP contribution in [0.15, 0.2) is 54.6 Å². The summed E-state index contributed by atoms with van der Waals surface area (Å²) in [4.78, 5) is 51.9. The van der Waals surface area contributed by atoms with E-state index in [4.69, 9.17) is 28.4 Å². The molecule has 3 unspecified atom stereocenters. The van der Waals surface area contributed by atoms with E-state index in [1.165, 1.54) is 76.0 Å². The minimum atomic E-state index is -0.547. The summed E-state index contributed by atoms with van der Waals surface area (Å²) in [5, 5.41) is 34.1. The van der Waals surface area contributed by atoms with Crippen molar-refractivity contribution in [2.24, 2.45) is 17.8 Å². The molecule has 0 radical (unpaired) electrons. The van der Waals surface area contributed by atoms with E-state index in [9.17, 15) is 29.7 Å². The Bertz CT molecular complexity index is 2000. The molecule has 3 aromatic carbocycles. The molecular formula is C57H81N3O12. The number of hydrogen-bond donors (Lipinski definition) is 3. The molecule has 1 aromatic heterocycles. The smallest absolute Gasteiger partial charge is 0.312 e. The molecule has 3 N–H and O–H groups in total. The Morgan fingerprint density at radius 3 is 0.903 bits per heavy atom. The Kier molecular flexibility index (Phi) is 26.6. The van der Waals surface area contributed by atoms with Crippen molar-refractivity contribution in [3.05, 3.63) is 54.6 Å². The predicted molar refractivity (Wildman–Crippen MR) is 278 cm³/mol. The molecule has 0 fully saturated rings. The number of rotatable bonds is 36. The van der Waals surface area contributed by atoms with Gasteiger partial charge in [0.1, 0.15) is 54.3 Å². The summed E-state index contributed by atoms with van der Waals surface area (Å²) in [7, 11) is 0. The quantitative estimate of drug-likeness (QED) is 0.0220. The monoisotopic (exact) mass is 1000 g/mol. The number of hydrogen-bond acceptors (Lipinski definition) is 15. The number of benzene rings is 3. The van der Waals surface area contributed by atoms with E-state index in [0.717, 1.165) is 57.8 Å². The van der Waals surface area contributed by atoms with E-state index in [1.807, 2.05) is 0 Å². The van der Waals surface area contributed by atoms with Crippen molar-refractivity contribution in [1.29, 1.82) is 0 Å². The maximum Gasteiger partial charge on any atom is 0.312 e. The highest BCUT2D eigenvalue weighted by Crippen LogP contribution is 2.38. The molecule has 0 spiro atoms. The van der Waals surface area contributed by atoms with E-state index in [2.05, 4.69) is 35.7 Å². The fraction of sp³-hybridized carbons (Fsp3) is 0.579. The topological polar surface area (TPSA) is 206 Å². The first-order valence-corrected chi connectivity index (χ1v) is 26.5. The minimum absolute atomic E-state index is 0.00624. The third kappa shape index (κ3) is 20.5. The van der Waals surface area contributed by atoms with Crippen LogP contribution in [-0.2, 0) is 28.6 Å². The SMILES string of the molecule is CCCCCCCCOC(=O)C(C)COc1ccc(-c2nc(-c3ccc(OCC(C)C(=O)OCCCCCCCC)cc3O)nc(-c3ccc(OCC(C)C(=O)OCCCCCCCC)cc3O)n2)c(O)c1. The lowest BCUT2D eigenvalue weighted by atomic mass is 10.1. The highest BCUT2D eigenvalue weighted by atomic mass is 16.5. The average molecular weight is 1000 g/mol. The summed E-state index contributed by atoms with van der Waals surface area (Å²) in [5.41, 5.74) is 0.562. The van der Waals surface area contributed by atoms with Gasteiger partial charge in [-0.2, -0.15) is 0 Å². The lowest BCUT2D eigenvalue weighted by Gasteiger charge is -2.15. The number of phenols is 3. The van der Waals surface area contributed by atoms with E-state index in [0.29, 0.717) is 37.1 Å². The molecule has 15 nitrogen and oxygen atoms in total. The number of esters is 3. The highest BCUT2D eigenvalue weighted by molar-refractivity contribution is 5.75. The maximum atomic E-state index is 12.6. The Hall–Kier alpha value is -6.12. The van der Waals surface area contributed by atoms with Crippen LogP contribution in [-0.4, -0.2) is 87.8 Å². The van der Waals surface area contributed by atoms with Gasteiger partial charge in [-0.1, -0.05) is 117 Å². The third-order valence-electron chi connectivity index (χ3n) is 12.2. The van der Waals surface area contributed by atoms with E-state index >= 15 is 0 Å². The Morgan fingerprint density at radius 1 is 0.403 bits per heavy atom. The zero-order valence-corrected chi connectivity index (χ0v) is 43.8. The van der Waals surface area contributed by atoms with E-state index in [-0.39, 0.29) is 89.1 Å². The van der Waals surface area contributed by atoms with Crippen LogP contribution in [0.4, 0.5) is 0 Å². The van der Waals surface area contributed by atoms with Gasteiger partial charge >= 0.3 is 17.9 Å². The zero-order chi connectivity index (χ0) is 52.1. The molecule has 0 saturated heterocycles. The van der Waals surface area contributed by atoms with E-state index < -0.39 is 17.8 Å². The molecule has 3 atom stereocenters. The molecule has 0 aliphatic carbocycles. The van der Waals surface area contributed by atoms with Gasteiger partial charge in [0.2, 0.25) is 0 Å². The maximum absolute atomic E-state index is 12.6. The molecule has 72 heavy (non-hydrogen) atoms. The summed E-state index contributed by atoms with van der Waals surface area (Å²) >= 11 is 0. The Balaban J connectivity index is 1.50. The van der Waals surface area contributed by atoms with Gasteiger partial charge in [-0.05, 0) is 76.4 Å². The molecule has 0 bridgehead atoms. The number of nitrogens with zero attached hydrogens (tertiary/aromatic N) is 3. The van der Waals surface area contributed by atoms with Gasteiger partial charge in [0.25, 0.3) is 0 Å². The fourth-order valence-electron chi connectivity index (χ4n) is 7.57. The molecule has 4 rings (SSSR count). The van der Waals surface area contributed by atoms with Crippen LogP contribution < -0.4 is 14.2 Å². The summed E-state index contributed by atoms with van der Waals surface area (Å²) in [6, 6.07) is 13.7. The van der Waals surface area contributed by atoms with Crippen molar-refractivity contribution in [2.45, 2.75) is 157 Å². The van der Waals surface area contributed by atoms with Crippen molar-refractivity contribution in [2.75, 3.05) is 39.6 Å². The van der Waals surface area contributed by atoms with Gasteiger partial charge in [0, 0.05) is 18.2 Å². The Morgan fingerprint density at radius 2 is 0.653 bits per heavy atom. The second kappa shape index (κ2) is 32.8. The second-order valence-electron chi connectivity index (χ2n) is 18.8. The first-order valence-electron chi connectivity index (χ1n) is 26.5. The van der Waals surface area contributed by atoms with Gasteiger partial charge in [-0.3, -0.25) is 14.4 Å². The highest BCUT2D eigenvalue weighted by Gasteiger charge is 2.22. The lowest BCUT2D eigenvalue weighted by Crippen LogP contribution is -2.21. The first kappa shape index (κ1) is 58.5. The van der Waals surface area contributed by atoms with Crippen LogP contribution in [0.1, 0.15) is 157 Å². The number of ether oxygens (including phenoxy) is 6. The van der Waals surface area contributed by atoms with Crippen LogP contribution in [0.25, 0.3) is 34.2 Å². The summed E-state index contributed by atoms with van der Waals surface area (Å²) in [5.74, 6) is -2.54. The summed E-state index contributed by atoms with van der Waals surface area (Å²) < 4.78 is 34.0. The van der Waals surface area contributed by atoms with Crippen molar-refractivity contribution in [1.82, 2.24) is 15.0 Å². The van der Waals surface area contributed by atoms with Crippen molar-refractivity contribution in [3.63, 3.8) is 0 Å². The van der Waals surface area contributed by atoms with Gasteiger partial charge in [-0.25, -0.2) is 15.0 Å². The molecule has 1 heterocycles. The number of phenolic OH excluding ortho intramolecular Hbond substituents is 3. The van der Waals surface area contributed by atoms with Crippen molar-refractivity contribution < 1.29 is 58.1 Å². The van der Waals surface area contributed by atoms with Gasteiger partial charge in [0.05, 0.1) is 54.3 Å². The van der Waals surface area contributed by atoms with Gasteiger partial charge in [-0.15, -0.1) is 0 Å². The normalized spacial score (nSPS) is 12.4. The minimum Gasteiger partial charge on any atom is -0.507 e. The predicted octanol–water partition coefficient (Wildman–Crippen LogP) is 12.7. The molecule has 0 aliphatic heterocycles. The number of aromatic hydroxyl groups is 3. The van der Waals surface area contributed by atoms with Gasteiger partial charge in [0.15, 0.2) is 17.5 Å².